The van der Waals surface area contributed by atoms with E-state index in [4.69, 9.17) is 4.74 Å². The zero-order valence-electron chi connectivity index (χ0n) is 7.50. The largest absolute Gasteiger partial charge is 0.462 e. The monoisotopic (exact) mass is 183 g/mol. The molecule has 2 nitrogen and oxygen atoms in total. The molecule has 0 N–H and O–H groups in total. The predicted octanol–water partition coefficient (Wildman–Crippen LogP) is 2.76. The van der Waals surface area contributed by atoms with Crippen LogP contribution >= 0.6 is 0 Å². The zero-order valence-corrected chi connectivity index (χ0v) is 7.50. The number of ether oxygens (including phenoxy) is 1. The van der Waals surface area contributed by atoms with E-state index in [1.807, 2.05) is 6.92 Å². The molecular weight excluding hydrogens is 171 g/mol. The highest BCUT2D eigenvalue weighted by atomic mass is 19.1. The Kier molecular flexibility index (Phi) is 3.71. The van der Waals surface area contributed by atoms with Gasteiger partial charge in [-0.3, -0.25) is 0 Å². The lowest BCUT2D eigenvalue weighted by atomic mass is 10.3. The molecule has 13 heavy (non-hydrogen) atoms. The fourth-order valence-electron chi connectivity index (χ4n) is 0.960. The quantitative estimate of drug-likeness (QED) is 0.660. The molecule has 1 unspecified atom stereocenters. The summed E-state index contributed by atoms with van der Waals surface area (Å²) in [6.45, 7) is 1.92. The summed E-state index contributed by atoms with van der Waals surface area (Å²) in [5.41, 5.74) is 0. The summed E-state index contributed by atoms with van der Waals surface area (Å²) in [5.74, 6) is 0.0974. The van der Waals surface area contributed by atoms with Crippen LogP contribution in [-0.4, -0.2) is 6.29 Å². The molecule has 1 radical (unpaired) electrons. The van der Waals surface area contributed by atoms with Gasteiger partial charge >= 0.3 is 0 Å². The Balaban J connectivity index is 2.49. The Hall–Kier alpha value is -1.09. The van der Waals surface area contributed by atoms with Crippen LogP contribution in [0.2, 0.25) is 0 Å². The number of halogens is 1. The highest BCUT2D eigenvalue weighted by Gasteiger charge is 2.05. The molecule has 0 saturated heterocycles. The molecule has 1 aromatic rings. The lowest BCUT2D eigenvalue weighted by molar-refractivity contribution is -0.0756. The van der Waals surface area contributed by atoms with Crippen LogP contribution in [0, 0.1) is 5.82 Å². The van der Waals surface area contributed by atoms with Gasteiger partial charge in [0.15, 0.2) is 0 Å². The molecule has 0 spiro atoms. The normalized spacial score (nSPS) is 12.5. The molecule has 1 rings (SSSR count). The van der Waals surface area contributed by atoms with Gasteiger partial charge in [0.1, 0.15) is 11.6 Å². The third-order valence-electron chi connectivity index (χ3n) is 1.61. The Bertz CT molecular complexity index is 246. The summed E-state index contributed by atoms with van der Waals surface area (Å²) >= 11 is 0. The fourth-order valence-corrected chi connectivity index (χ4v) is 0.960. The van der Waals surface area contributed by atoms with E-state index < -0.39 is 6.29 Å². The highest BCUT2D eigenvalue weighted by molar-refractivity contribution is 5.22. The molecule has 3 heteroatoms. The third kappa shape index (κ3) is 3.42. The molecule has 0 aliphatic rings. The summed E-state index contributed by atoms with van der Waals surface area (Å²) in [5, 5.41) is 11.1. The topological polar surface area (TPSA) is 29.1 Å². The van der Waals surface area contributed by atoms with Gasteiger partial charge in [0.25, 0.3) is 0 Å². The van der Waals surface area contributed by atoms with Crippen LogP contribution in [0.3, 0.4) is 0 Å². The van der Waals surface area contributed by atoms with Gasteiger partial charge in [-0.1, -0.05) is 13.3 Å². The van der Waals surface area contributed by atoms with Crippen molar-refractivity contribution in [3.63, 3.8) is 0 Å². The van der Waals surface area contributed by atoms with Crippen molar-refractivity contribution in [3.05, 3.63) is 30.1 Å². The Morgan fingerprint density at radius 2 is 2.00 bits per heavy atom. The third-order valence-corrected chi connectivity index (χ3v) is 1.61. The van der Waals surface area contributed by atoms with Crippen molar-refractivity contribution in [2.75, 3.05) is 0 Å². The standard InChI is InChI=1S/C10H12FO2/c1-2-3-10(12)13-9-6-4-8(11)5-7-9/h4-7,10H,2-3H2,1H3. The van der Waals surface area contributed by atoms with E-state index in [-0.39, 0.29) is 5.82 Å². The molecule has 0 bridgehead atoms. The predicted molar refractivity (Wildman–Crippen MR) is 46.4 cm³/mol. The first-order chi connectivity index (χ1) is 6.22. The Morgan fingerprint density at radius 1 is 1.38 bits per heavy atom. The molecule has 1 atom stereocenters. The maximum Gasteiger partial charge on any atom is 0.231 e. The molecule has 0 saturated carbocycles. The summed E-state index contributed by atoms with van der Waals surface area (Å²) in [4.78, 5) is 0. The van der Waals surface area contributed by atoms with Gasteiger partial charge in [-0.05, 0) is 24.3 Å². The maximum atomic E-state index is 12.4. The lowest BCUT2D eigenvalue weighted by Gasteiger charge is -2.09. The summed E-state index contributed by atoms with van der Waals surface area (Å²) in [6.07, 6.45) is 0.211. The molecule has 0 fully saturated rings. The van der Waals surface area contributed by atoms with Crippen molar-refractivity contribution in [3.8, 4) is 5.75 Å². The van der Waals surface area contributed by atoms with Gasteiger partial charge in [0.05, 0.1) is 0 Å². The van der Waals surface area contributed by atoms with Crippen molar-refractivity contribution < 1.29 is 14.2 Å². The summed E-state index contributed by atoms with van der Waals surface area (Å²) in [7, 11) is 0. The van der Waals surface area contributed by atoms with E-state index in [1.54, 1.807) is 0 Å². The minimum absolute atomic E-state index is 0.328. The van der Waals surface area contributed by atoms with Crippen LogP contribution in [0.25, 0.3) is 0 Å². The van der Waals surface area contributed by atoms with Crippen molar-refractivity contribution in [1.82, 2.24) is 0 Å². The van der Waals surface area contributed by atoms with Gasteiger partial charge in [-0.15, -0.1) is 0 Å². The average Bonchev–Trinajstić information content (AvgIpc) is 2.09. The second-order valence-electron chi connectivity index (χ2n) is 2.79. The van der Waals surface area contributed by atoms with E-state index >= 15 is 0 Å². The van der Waals surface area contributed by atoms with E-state index in [9.17, 15) is 9.50 Å². The first-order valence-electron chi connectivity index (χ1n) is 4.30. The number of benzene rings is 1. The van der Waals surface area contributed by atoms with Gasteiger partial charge < -0.3 is 4.74 Å². The average molecular weight is 183 g/mol. The lowest BCUT2D eigenvalue weighted by Crippen LogP contribution is -2.12. The smallest absolute Gasteiger partial charge is 0.231 e. The fraction of sp³-hybridized carbons (Fsp3) is 0.400. The molecule has 0 aliphatic heterocycles. The van der Waals surface area contributed by atoms with Crippen LogP contribution in [0.1, 0.15) is 19.8 Å². The summed E-state index contributed by atoms with van der Waals surface area (Å²) in [6, 6.07) is 5.45. The van der Waals surface area contributed by atoms with E-state index in [0.717, 1.165) is 6.42 Å². The van der Waals surface area contributed by atoms with Crippen molar-refractivity contribution in [1.29, 1.82) is 0 Å². The maximum absolute atomic E-state index is 12.4. The van der Waals surface area contributed by atoms with Crippen LogP contribution in [0.4, 0.5) is 4.39 Å². The van der Waals surface area contributed by atoms with E-state index in [1.165, 1.54) is 24.3 Å². The minimum Gasteiger partial charge on any atom is -0.462 e. The number of hydrogen-bond acceptors (Lipinski definition) is 1. The molecule has 0 heterocycles. The van der Waals surface area contributed by atoms with Crippen molar-refractivity contribution in [2.45, 2.75) is 26.1 Å². The number of rotatable bonds is 4. The van der Waals surface area contributed by atoms with Gasteiger partial charge in [-0.25, -0.2) is 4.39 Å². The van der Waals surface area contributed by atoms with Gasteiger partial charge in [0, 0.05) is 6.42 Å². The van der Waals surface area contributed by atoms with Crippen LogP contribution in [-0.2, 0) is 5.11 Å². The van der Waals surface area contributed by atoms with Crippen LogP contribution < -0.4 is 4.74 Å². The van der Waals surface area contributed by atoms with Crippen molar-refractivity contribution in [2.24, 2.45) is 0 Å². The molecule has 1 aromatic carbocycles. The first-order valence-corrected chi connectivity index (χ1v) is 4.30. The van der Waals surface area contributed by atoms with Gasteiger partial charge in [-0.2, -0.15) is 5.11 Å². The number of hydrogen-bond donors (Lipinski definition) is 0. The second-order valence-corrected chi connectivity index (χ2v) is 2.79. The molecule has 0 aliphatic carbocycles. The van der Waals surface area contributed by atoms with Crippen LogP contribution in [0.15, 0.2) is 24.3 Å². The van der Waals surface area contributed by atoms with E-state index in [0.29, 0.717) is 12.2 Å². The van der Waals surface area contributed by atoms with Gasteiger partial charge in [0.2, 0.25) is 6.29 Å². The molecule has 71 valence electrons. The Morgan fingerprint density at radius 3 is 2.54 bits per heavy atom. The Labute approximate surface area is 77.0 Å². The minimum atomic E-state index is -1.05. The first kappa shape index (κ1) is 9.99. The molecule has 0 aromatic heterocycles. The second kappa shape index (κ2) is 4.82. The van der Waals surface area contributed by atoms with Crippen LogP contribution in [0.5, 0.6) is 5.75 Å². The summed E-state index contributed by atoms with van der Waals surface area (Å²) < 4.78 is 17.4. The molecular formula is C10H12FO2. The van der Waals surface area contributed by atoms with E-state index in [2.05, 4.69) is 0 Å². The zero-order chi connectivity index (χ0) is 9.68. The van der Waals surface area contributed by atoms with Crippen molar-refractivity contribution >= 4 is 0 Å². The SMILES string of the molecule is CCCC([O])Oc1ccc(F)cc1. The molecule has 0 amide bonds. The highest BCUT2D eigenvalue weighted by Crippen LogP contribution is 2.13.